The molecular weight excluding hydrogens is 591 g/mol. The molecule has 0 amide bonds. The molecular formula is C43H27N3S. The number of hydrogen-bond donors (Lipinski definition) is 0. The summed E-state index contributed by atoms with van der Waals surface area (Å²) in [5, 5.41) is 3.56. The monoisotopic (exact) mass is 617 g/mol. The van der Waals surface area contributed by atoms with Gasteiger partial charge in [0.1, 0.15) is 4.83 Å². The zero-order valence-electron chi connectivity index (χ0n) is 25.3. The molecule has 9 aromatic rings. The molecule has 0 fully saturated rings. The molecule has 3 aromatic heterocycles. The Morgan fingerprint density at radius 3 is 1.77 bits per heavy atom. The van der Waals surface area contributed by atoms with Crippen molar-refractivity contribution in [1.82, 2.24) is 15.0 Å². The molecule has 9 rings (SSSR count). The summed E-state index contributed by atoms with van der Waals surface area (Å²) < 4.78 is 1.24. The molecule has 0 unspecified atom stereocenters. The molecule has 6 aromatic carbocycles. The van der Waals surface area contributed by atoms with Crippen LogP contribution in [-0.2, 0) is 0 Å². The van der Waals surface area contributed by atoms with Crippen molar-refractivity contribution in [2.75, 3.05) is 0 Å². The van der Waals surface area contributed by atoms with E-state index in [2.05, 4.69) is 152 Å². The van der Waals surface area contributed by atoms with Crippen molar-refractivity contribution >= 4 is 42.5 Å². The number of pyridine rings is 1. The van der Waals surface area contributed by atoms with Crippen molar-refractivity contribution in [2.24, 2.45) is 0 Å². The summed E-state index contributed by atoms with van der Waals surface area (Å²) in [7, 11) is 0. The van der Waals surface area contributed by atoms with E-state index in [1.54, 1.807) is 11.3 Å². The van der Waals surface area contributed by atoms with Gasteiger partial charge in [-0.25, -0.2) is 15.0 Å². The maximum Gasteiger partial charge on any atom is 0.160 e. The number of thiophene rings is 1. The van der Waals surface area contributed by atoms with Crippen molar-refractivity contribution in [3.05, 3.63) is 164 Å². The average Bonchev–Trinajstić information content (AvgIpc) is 3.52. The molecule has 0 bridgehead atoms. The Balaban J connectivity index is 1.25. The van der Waals surface area contributed by atoms with Gasteiger partial charge in [0, 0.05) is 43.1 Å². The zero-order valence-corrected chi connectivity index (χ0v) is 26.2. The van der Waals surface area contributed by atoms with Crippen molar-refractivity contribution in [3.8, 4) is 56.2 Å². The minimum absolute atomic E-state index is 0.693. The van der Waals surface area contributed by atoms with Gasteiger partial charge in [0.05, 0.1) is 16.9 Å². The largest absolute Gasteiger partial charge is 0.237 e. The Morgan fingerprint density at radius 1 is 0.383 bits per heavy atom. The quantitative estimate of drug-likeness (QED) is 0.193. The summed E-state index contributed by atoms with van der Waals surface area (Å²) in [5.41, 5.74) is 10.5. The van der Waals surface area contributed by atoms with Gasteiger partial charge in [-0.1, -0.05) is 133 Å². The van der Waals surface area contributed by atoms with Crippen molar-refractivity contribution < 1.29 is 0 Å². The number of nitrogens with zero attached hydrogens (tertiary/aromatic N) is 3. The van der Waals surface area contributed by atoms with Crippen molar-refractivity contribution in [3.63, 3.8) is 0 Å². The Labute approximate surface area is 276 Å². The third kappa shape index (κ3) is 4.96. The summed E-state index contributed by atoms with van der Waals surface area (Å²) >= 11 is 1.75. The second-order valence-corrected chi connectivity index (χ2v) is 12.7. The van der Waals surface area contributed by atoms with E-state index in [0.717, 1.165) is 54.9 Å². The van der Waals surface area contributed by atoms with Gasteiger partial charge in [0.25, 0.3) is 0 Å². The van der Waals surface area contributed by atoms with E-state index in [0.29, 0.717) is 5.82 Å². The molecule has 0 aliphatic rings. The maximum absolute atomic E-state index is 5.21. The Hall–Kier alpha value is -5.97. The molecule has 0 spiro atoms. The Morgan fingerprint density at radius 2 is 0.957 bits per heavy atom. The second-order valence-electron chi connectivity index (χ2n) is 11.6. The number of benzene rings is 6. The predicted molar refractivity (Wildman–Crippen MR) is 197 cm³/mol. The van der Waals surface area contributed by atoms with Gasteiger partial charge >= 0.3 is 0 Å². The molecule has 220 valence electrons. The van der Waals surface area contributed by atoms with E-state index < -0.39 is 0 Å². The molecule has 0 saturated carbocycles. The molecule has 0 radical (unpaired) electrons. The summed E-state index contributed by atoms with van der Waals surface area (Å²) in [6, 6.07) is 57.2. The Bertz CT molecular complexity index is 2570. The summed E-state index contributed by atoms with van der Waals surface area (Å²) in [6.45, 7) is 0. The van der Waals surface area contributed by atoms with Crippen molar-refractivity contribution in [2.45, 2.75) is 0 Å². The number of para-hydroxylation sites is 1. The van der Waals surface area contributed by atoms with E-state index in [-0.39, 0.29) is 0 Å². The molecule has 0 aliphatic heterocycles. The highest BCUT2D eigenvalue weighted by molar-refractivity contribution is 7.25. The van der Waals surface area contributed by atoms with Gasteiger partial charge in [0.15, 0.2) is 5.82 Å². The molecule has 0 atom stereocenters. The zero-order chi connectivity index (χ0) is 31.2. The summed E-state index contributed by atoms with van der Waals surface area (Å²) in [6.07, 6.45) is 0. The Kier molecular flexibility index (Phi) is 6.65. The minimum Gasteiger partial charge on any atom is -0.237 e. The first kappa shape index (κ1) is 27.3. The lowest BCUT2D eigenvalue weighted by molar-refractivity contribution is 1.18. The summed E-state index contributed by atoms with van der Waals surface area (Å²) in [5.74, 6) is 0.693. The van der Waals surface area contributed by atoms with Crippen molar-refractivity contribution in [1.29, 1.82) is 0 Å². The lowest BCUT2D eigenvalue weighted by Gasteiger charge is -2.13. The summed E-state index contributed by atoms with van der Waals surface area (Å²) in [4.78, 5) is 16.5. The number of hydrogen-bond acceptors (Lipinski definition) is 4. The van der Waals surface area contributed by atoms with Crippen LogP contribution in [0.15, 0.2) is 164 Å². The van der Waals surface area contributed by atoms with Crippen LogP contribution in [0.3, 0.4) is 0 Å². The van der Waals surface area contributed by atoms with E-state index >= 15 is 0 Å². The molecule has 0 saturated heterocycles. The topological polar surface area (TPSA) is 38.7 Å². The highest BCUT2D eigenvalue weighted by Crippen LogP contribution is 2.43. The predicted octanol–water partition coefficient (Wildman–Crippen LogP) is 11.7. The normalized spacial score (nSPS) is 11.4. The minimum atomic E-state index is 0.693. The lowest BCUT2D eigenvalue weighted by atomic mass is 9.95. The van der Waals surface area contributed by atoms with Gasteiger partial charge < -0.3 is 0 Å². The van der Waals surface area contributed by atoms with Crippen LogP contribution in [0.4, 0.5) is 0 Å². The molecule has 3 heterocycles. The number of rotatable bonds is 5. The fourth-order valence-corrected chi connectivity index (χ4v) is 7.56. The molecule has 47 heavy (non-hydrogen) atoms. The molecule has 0 aliphatic carbocycles. The third-order valence-electron chi connectivity index (χ3n) is 8.69. The molecule has 3 nitrogen and oxygen atoms in total. The second kappa shape index (κ2) is 11.4. The van der Waals surface area contributed by atoms with Gasteiger partial charge in [0.2, 0.25) is 0 Å². The molecule has 4 heteroatoms. The van der Waals surface area contributed by atoms with Gasteiger partial charge in [-0.15, -0.1) is 11.3 Å². The van der Waals surface area contributed by atoms with E-state index in [4.69, 9.17) is 15.0 Å². The van der Waals surface area contributed by atoms with Crippen LogP contribution in [0, 0.1) is 0 Å². The lowest BCUT2D eigenvalue weighted by Crippen LogP contribution is -1.96. The number of aromatic nitrogens is 3. The van der Waals surface area contributed by atoms with Crippen LogP contribution in [0.25, 0.3) is 87.4 Å². The van der Waals surface area contributed by atoms with Crippen LogP contribution < -0.4 is 0 Å². The fourth-order valence-electron chi connectivity index (χ4n) is 6.46. The molecule has 0 N–H and O–H groups in total. The van der Waals surface area contributed by atoms with Gasteiger partial charge in [-0.3, -0.25) is 0 Å². The maximum atomic E-state index is 5.21. The van der Waals surface area contributed by atoms with E-state index in [1.807, 2.05) is 12.1 Å². The highest BCUT2D eigenvalue weighted by Gasteiger charge is 2.18. The first-order valence-corrected chi connectivity index (χ1v) is 16.5. The number of fused-ring (bicyclic) bond motifs is 4. The first-order valence-electron chi connectivity index (χ1n) is 15.7. The van der Waals surface area contributed by atoms with Gasteiger partial charge in [-0.2, -0.15) is 0 Å². The SMILES string of the molecule is c1ccc(-c2cccc(-c3cc(-c4ccccc4)nc(-c4cccc(-c5c6ccccc6nc6sc7ccccc7c56)c4)n3)c2)cc1. The third-order valence-corrected chi connectivity index (χ3v) is 9.76. The standard InChI is InChI=1S/C43H27N3S/c1-3-13-28(14-4-1)30-17-11-18-31(25-30)38-27-37(29-15-5-2-6-16-29)44-42(45-38)33-20-12-19-32(26-33)40-34-21-7-9-23-36(34)46-43-41(40)35-22-8-10-24-39(35)47-43/h1-27H. The highest BCUT2D eigenvalue weighted by atomic mass is 32.1. The van der Waals surface area contributed by atoms with Crippen LogP contribution in [0.1, 0.15) is 0 Å². The smallest absolute Gasteiger partial charge is 0.160 e. The average molecular weight is 618 g/mol. The fraction of sp³-hybridized carbons (Fsp3) is 0. The first-order chi connectivity index (χ1) is 23.3. The van der Waals surface area contributed by atoms with Gasteiger partial charge in [-0.05, 0) is 47.0 Å². The van der Waals surface area contributed by atoms with E-state index in [1.165, 1.54) is 26.6 Å². The van der Waals surface area contributed by atoms with Crippen LogP contribution >= 0.6 is 11.3 Å². The van der Waals surface area contributed by atoms with Crippen LogP contribution in [0.5, 0.6) is 0 Å². The van der Waals surface area contributed by atoms with Crippen LogP contribution in [0.2, 0.25) is 0 Å². The van der Waals surface area contributed by atoms with E-state index in [9.17, 15) is 0 Å². The van der Waals surface area contributed by atoms with Crippen LogP contribution in [-0.4, -0.2) is 15.0 Å².